The van der Waals surface area contributed by atoms with Gasteiger partial charge in [-0.2, -0.15) is 0 Å². The van der Waals surface area contributed by atoms with Crippen LogP contribution in [0.5, 0.6) is 0 Å². The van der Waals surface area contributed by atoms with Crippen molar-refractivity contribution in [2.45, 2.75) is 70.2 Å². The van der Waals surface area contributed by atoms with Crippen molar-refractivity contribution in [2.24, 2.45) is 28.6 Å². The minimum Gasteiger partial charge on any atom is -0.393 e. The van der Waals surface area contributed by atoms with Gasteiger partial charge in [-0.15, -0.1) is 0 Å². The van der Waals surface area contributed by atoms with E-state index in [2.05, 4.69) is 0 Å². The zero-order chi connectivity index (χ0) is 19.8. The summed E-state index contributed by atoms with van der Waals surface area (Å²) >= 11 is 0. The van der Waals surface area contributed by atoms with Crippen LogP contribution in [0.4, 0.5) is 0 Å². The van der Waals surface area contributed by atoms with E-state index in [0.717, 1.165) is 5.57 Å². The Balaban J connectivity index is 1.77. The second-order valence-corrected chi connectivity index (χ2v) is 9.70. The van der Waals surface area contributed by atoms with E-state index in [4.69, 9.17) is 0 Å². The van der Waals surface area contributed by atoms with E-state index >= 15 is 0 Å². The second kappa shape index (κ2) is 5.96. The highest BCUT2D eigenvalue weighted by Crippen LogP contribution is 2.67. The monoisotopic (exact) mass is 378 g/mol. The molecule has 6 heteroatoms. The highest BCUT2D eigenvalue weighted by Gasteiger charge is 2.68. The zero-order valence-corrected chi connectivity index (χ0v) is 16.0. The van der Waals surface area contributed by atoms with Crippen molar-refractivity contribution in [1.29, 1.82) is 0 Å². The molecule has 0 radical (unpaired) electrons. The summed E-state index contributed by atoms with van der Waals surface area (Å²) in [6.07, 6.45) is 2.75. The second-order valence-electron chi connectivity index (χ2n) is 9.70. The van der Waals surface area contributed by atoms with E-state index in [1.54, 1.807) is 6.08 Å². The van der Waals surface area contributed by atoms with E-state index < -0.39 is 41.0 Å². The van der Waals surface area contributed by atoms with E-state index in [9.17, 15) is 30.0 Å². The summed E-state index contributed by atoms with van der Waals surface area (Å²) in [7, 11) is 0. The van der Waals surface area contributed by atoms with E-state index in [0.29, 0.717) is 25.7 Å². The Morgan fingerprint density at radius 3 is 2.63 bits per heavy atom. The van der Waals surface area contributed by atoms with Gasteiger partial charge in [-0.1, -0.05) is 13.8 Å². The minimum atomic E-state index is -1.64. The molecule has 0 heterocycles. The lowest BCUT2D eigenvalue weighted by atomic mass is 9.45. The number of carbonyl (C=O) groups is 2. The van der Waals surface area contributed by atoms with Crippen LogP contribution in [0.2, 0.25) is 0 Å². The molecule has 4 rings (SSSR count). The van der Waals surface area contributed by atoms with E-state index in [1.165, 1.54) is 0 Å². The molecule has 150 valence electrons. The molecule has 0 amide bonds. The van der Waals surface area contributed by atoms with Gasteiger partial charge in [0.05, 0.1) is 12.2 Å². The summed E-state index contributed by atoms with van der Waals surface area (Å²) in [5.74, 6) is -0.713. The predicted molar refractivity (Wildman–Crippen MR) is 96.5 cm³/mol. The Bertz CT molecular complexity index is 715. The van der Waals surface area contributed by atoms with Gasteiger partial charge >= 0.3 is 0 Å². The highest BCUT2D eigenvalue weighted by atomic mass is 16.3. The molecule has 0 aromatic rings. The van der Waals surface area contributed by atoms with E-state index in [1.807, 2.05) is 13.8 Å². The predicted octanol–water partition coefficient (Wildman–Crippen LogP) is 0.752. The average molecular weight is 378 g/mol. The largest absolute Gasteiger partial charge is 0.393 e. The zero-order valence-electron chi connectivity index (χ0n) is 16.0. The quantitative estimate of drug-likeness (QED) is 0.564. The topological polar surface area (TPSA) is 115 Å². The normalized spacial score (nSPS) is 51.9. The number of carbonyl (C=O) groups excluding carboxylic acids is 2. The number of rotatable bonds is 2. The molecule has 0 saturated heterocycles. The van der Waals surface area contributed by atoms with Gasteiger partial charge in [-0.3, -0.25) is 9.59 Å². The van der Waals surface area contributed by atoms with Crippen molar-refractivity contribution in [2.75, 3.05) is 6.61 Å². The van der Waals surface area contributed by atoms with Crippen LogP contribution in [-0.2, 0) is 9.59 Å². The van der Waals surface area contributed by atoms with Gasteiger partial charge in [0.1, 0.15) is 12.2 Å². The molecule has 8 atom stereocenters. The fourth-order valence-corrected chi connectivity index (χ4v) is 7.33. The molecule has 3 saturated carbocycles. The molecule has 0 unspecified atom stereocenters. The van der Waals surface area contributed by atoms with Crippen LogP contribution < -0.4 is 0 Å². The van der Waals surface area contributed by atoms with Crippen molar-refractivity contribution in [3.63, 3.8) is 0 Å². The van der Waals surface area contributed by atoms with Gasteiger partial charge in [0.2, 0.25) is 0 Å². The lowest BCUT2D eigenvalue weighted by Gasteiger charge is -2.61. The third-order valence-electron chi connectivity index (χ3n) is 8.67. The molecule has 4 N–H and O–H groups in total. The van der Waals surface area contributed by atoms with Gasteiger partial charge in [-0.25, -0.2) is 0 Å². The van der Waals surface area contributed by atoms with Crippen molar-refractivity contribution in [3.8, 4) is 0 Å². The Hall–Kier alpha value is -1.08. The van der Waals surface area contributed by atoms with Crippen molar-refractivity contribution < 1.29 is 30.0 Å². The lowest BCUT2D eigenvalue weighted by molar-refractivity contribution is -0.187. The van der Waals surface area contributed by atoms with Gasteiger partial charge in [0, 0.05) is 11.8 Å². The molecule has 3 fully saturated rings. The van der Waals surface area contributed by atoms with Crippen LogP contribution in [0.1, 0.15) is 52.4 Å². The molecule has 4 aliphatic carbocycles. The van der Waals surface area contributed by atoms with Crippen LogP contribution in [0.15, 0.2) is 11.6 Å². The first-order valence-corrected chi connectivity index (χ1v) is 10.1. The van der Waals surface area contributed by atoms with Crippen LogP contribution >= 0.6 is 0 Å². The molecule has 27 heavy (non-hydrogen) atoms. The molecule has 0 spiro atoms. The molecule has 6 nitrogen and oxygen atoms in total. The Morgan fingerprint density at radius 1 is 1.26 bits per heavy atom. The van der Waals surface area contributed by atoms with Gasteiger partial charge < -0.3 is 20.4 Å². The molecule has 0 aromatic carbocycles. The Labute approximate surface area is 159 Å². The maximum absolute atomic E-state index is 12.4. The third-order valence-corrected chi connectivity index (χ3v) is 8.67. The standard InChI is InChI=1S/C21H30O6/c1-19-5-3-11(23)7-14(19)15(24)8-12-13-4-6-21(27,17(26)10-22)20(13,2)9-16(25)18(12)19/h7,12-13,15-16,18,22,24-25,27H,3-6,8-10H2,1-2H3/t12-,13-,15+,16-,18+,19-,20-,21-/m0/s1. The molecule has 0 aliphatic heterocycles. The summed E-state index contributed by atoms with van der Waals surface area (Å²) < 4.78 is 0. The number of aliphatic hydroxyl groups excluding tert-OH is 3. The SMILES string of the molecule is C[C@]12CCC(=O)C=C1[C@H](O)C[C@@H]1[C@@H]2[C@@H](O)C[C@@]2(C)[C@H]1CC[C@]2(O)C(=O)CO. The van der Waals surface area contributed by atoms with Gasteiger partial charge in [0.15, 0.2) is 11.6 Å². The number of aliphatic hydroxyl groups is 4. The molecule has 0 aromatic heterocycles. The molecular formula is C21H30O6. The number of ketones is 2. The Morgan fingerprint density at radius 2 is 1.96 bits per heavy atom. The number of hydrogen-bond donors (Lipinski definition) is 4. The maximum atomic E-state index is 12.4. The summed E-state index contributed by atoms with van der Waals surface area (Å²) in [5, 5.41) is 42.6. The van der Waals surface area contributed by atoms with Gasteiger partial charge in [-0.05, 0) is 66.9 Å². The number of fused-ring (bicyclic) bond motifs is 5. The Kier molecular flexibility index (Phi) is 4.25. The van der Waals surface area contributed by atoms with Crippen LogP contribution in [-0.4, -0.2) is 56.4 Å². The molecule has 0 bridgehead atoms. The van der Waals surface area contributed by atoms with E-state index in [-0.39, 0.29) is 36.4 Å². The number of Topliss-reactive ketones (excluding diaryl/α,β-unsaturated/α-hetero) is 1. The van der Waals surface area contributed by atoms with Crippen LogP contribution in [0, 0.1) is 28.6 Å². The van der Waals surface area contributed by atoms with Crippen molar-refractivity contribution in [3.05, 3.63) is 11.6 Å². The van der Waals surface area contributed by atoms with Gasteiger partial charge in [0.25, 0.3) is 0 Å². The first kappa shape index (κ1) is 19.2. The highest BCUT2D eigenvalue weighted by molar-refractivity contribution is 5.92. The molecular weight excluding hydrogens is 348 g/mol. The maximum Gasteiger partial charge on any atom is 0.190 e. The fraction of sp³-hybridized carbons (Fsp3) is 0.810. The summed E-state index contributed by atoms with van der Waals surface area (Å²) in [6.45, 7) is 3.18. The minimum absolute atomic E-state index is 0.0166. The van der Waals surface area contributed by atoms with Crippen molar-refractivity contribution in [1.82, 2.24) is 0 Å². The van der Waals surface area contributed by atoms with Crippen molar-refractivity contribution >= 4 is 11.6 Å². The summed E-state index contributed by atoms with van der Waals surface area (Å²) in [4.78, 5) is 24.3. The van der Waals surface area contributed by atoms with Crippen LogP contribution in [0.25, 0.3) is 0 Å². The smallest absolute Gasteiger partial charge is 0.190 e. The average Bonchev–Trinajstić information content (AvgIpc) is 2.87. The lowest BCUT2D eigenvalue weighted by Crippen LogP contribution is -2.63. The third kappa shape index (κ3) is 2.33. The summed E-state index contributed by atoms with van der Waals surface area (Å²) in [6, 6.07) is 0. The number of hydrogen-bond acceptors (Lipinski definition) is 6. The summed E-state index contributed by atoms with van der Waals surface area (Å²) in [5.41, 5.74) is -2.17. The first-order chi connectivity index (χ1) is 12.6. The fourth-order valence-electron chi connectivity index (χ4n) is 7.33. The molecule has 4 aliphatic rings. The first-order valence-electron chi connectivity index (χ1n) is 10.1. The van der Waals surface area contributed by atoms with Crippen LogP contribution in [0.3, 0.4) is 0 Å².